The highest BCUT2D eigenvalue weighted by Crippen LogP contribution is 2.36. The molecule has 2 heterocycles. The van der Waals surface area contributed by atoms with Gasteiger partial charge in [-0.25, -0.2) is 0 Å². The Morgan fingerprint density at radius 1 is 1.24 bits per heavy atom. The molecule has 0 saturated heterocycles. The van der Waals surface area contributed by atoms with Gasteiger partial charge in [-0.3, -0.25) is 4.79 Å². The highest BCUT2D eigenvalue weighted by molar-refractivity contribution is 5.93. The van der Waals surface area contributed by atoms with Gasteiger partial charge in [0.05, 0.1) is 0 Å². The summed E-state index contributed by atoms with van der Waals surface area (Å²) in [7, 11) is 0. The van der Waals surface area contributed by atoms with Gasteiger partial charge in [0.25, 0.3) is 5.91 Å². The predicted octanol–water partition coefficient (Wildman–Crippen LogP) is 4.02. The van der Waals surface area contributed by atoms with Crippen LogP contribution in [0.4, 0.5) is 0 Å². The molecule has 0 radical (unpaired) electrons. The van der Waals surface area contributed by atoms with E-state index in [1.807, 2.05) is 18.2 Å². The topological polar surface area (TPSA) is 73.6 Å². The van der Waals surface area contributed by atoms with E-state index in [1.54, 1.807) is 6.07 Å². The van der Waals surface area contributed by atoms with Crippen molar-refractivity contribution in [2.24, 2.45) is 5.92 Å². The van der Waals surface area contributed by atoms with Gasteiger partial charge in [0.2, 0.25) is 6.79 Å². The molecule has 134 valence electrons. The van der Waals surface area contributed by atoms with E-state index in [9.17, 15) is 4.79 Å². The van der Waals surface area contributed by atoms with Crippen LogP contribution < -0.4 is 14.8 Å². The third-order valence-corrected chi connectivity index (χ3v) is 4.49. The van der Waals surface area contributed by atoms with Crippen molar-refractivity contribution in [2.75, 3.05) is 13.3 Å². The van der Waals surface area contributed by atoms with Gasteiger partial charge in [-0.15, -0.1) is 0 Å². The maximum Gasteiger partial charge on any atom is 0.273 e. The average molecular weight is 344 g/mol. The van der Waals surface area contributed by atoms with Crippen molar-refractivity contribution >= 4 is 5.91 Å². The molecule has 25 heavy (non-hydrogen) atoms. The van der Waals surface area contributed by atoms with E-state index in [-0.39, 0.29) is 18.4 Å². The lowest BCUT2D eigenvalue weighted by atomic mass is 9.99. The number of ether oxygens (including phenoxy) is 2. The Balaban J connectivity index is 1.61. The molecule has 1 amide bonds. The van der Waals surface area contributed by atoms with Crippen molar-refractivity contribution in [2.45, 2.75) is 39.5 Å². The summed E-state index contributed by atoms with van der Waals surface area (Å²) in [5, 5.41) is 6.85. The molecule has 1 atom stereocenters. The zero-order chi connectivity index (χ0) is 17.6. The maximum absolute atomic E-state index is 12.3. The molecule has 1 aromatic carbocycles. The van der Waals surface area contributed by atoms with E-state index < -0.39 is 0 Å². The fourth-order valence-corrected chi connectivity index (χ4v) is 2.84. The Kier molecular flexibility index (Phi) is 5.58. The van der Waals surface area contributed by atoms with Crippen LogP contribution in [0.15, 0.2) is 28.8 Å². The molecule has 0 spiro atoms. The smallest absolute Gasteiger partial charge is 0.273 e. The Hall–Kier alpha value is -2.50. The van der Waals surface area contributed by atoms with Gasteiger partial charge in [-0.2, -0.15) is 0 Å². The molecule has 3 rings (SSSR count). The largest absolute Gasteiger partial charge is 0.454 e. The summed E-state index contributed by atoms with van der Waals surface area (Å²) < 4.78 is 16.0. The first-order chi connectivity index (χ1) is 12.2. The summed E-state index contributed by atoms with van der Waals surface area (Å²) in [6.07, 6.45) is 4.55. The fraction of sp³-hybridized carbons (Fsp3) is 0.474. The number of amides is 1. The molecule has 1 aromatic heterocycles. The van der Waals surface area contributed by atoms with Gasteiger partial charge in [-0.1, -0.05) is 38.3 Å². The number of nitrogens with zero attached hydrogens (tertiary/aromatic N) is 1. The molecule has 1 aliphatic rings. The molecular formula is C19H24N2O4. The minimum Gasteiger partial charge on any atom is -0.454 e. The van der Waals surface area contributed by atoms with Crippen molar-refractivity contribution in [1.82, 2.24) is 10.5 Å². The van der Waals surface area contributed by atoms with Gasteiger partial charge in [-0.05, 0) is 30.5 Å². The number of aromatic nitrogens is 1. The summed E-state index contributed by atoms with van der Waals surface area (Å²) in [5.41, 5.74) is 1.09. The standard InChI is InChI=1S/C19H24N2O4/c1-3-5-6-13(4-2)11-20-19(22)15-10-17(25-21-15)14-7-8-16-18(9-14)24-12-23-16/h7-10,13H,3-6,11-12H2,1-2H3,(H,20,22)/t13-/m0/s1. The normalized spacial score (nSPS) is 13.7. The van der Waals surface area contributed by atoms with Crippen LogP contribution in [0.3, 0.4) is 0 Å². The molecule has 0 bridgehead atoms. The van der Waals surface area contributed by atoms with E-state index in [4.69, 9.17) is 14.0 Å². The van der Waals surface area contributed by atoms with Crippen molar-refractivity contribution < 1.29 is 18.8 Å². The first kappa shape index (κ1) is 17.3. The fourth-order valence-electron chi connectivity index (χ4n) is 2.84. The number of rotatable bonds is 8. The van der Waals surface area contributed by atoms with Crippen LogP contribution >= 0.6 is 0 Å². The van der Waals surface area contributed by atoms with Crippen molar-refractivity contribution in [1.29, 1.82) is 0 Å². The molecule has 6 nitrogen and oxygen atoms in total. The lowest BCUT2D eigenvalue weighted by molar-refractivity contribution is 0.0937. The second-order valence-electron chi connectivity index (χ2n) is 6.27. The number of nitrogens with one attached hydrogen (secondary N) is 1. The Bertz CT molecular complexity index is 726. The monoisotopic (exact) mass is 344 g/mol. The number of unbranched alkanes of at least 4 members (excludes halogenated alkanes) is 1. The number of benzene rings is 1. The SMILES string of the molecule is CCCC[C@H](CC)CNC(=O)c1cc(-c2ccc3c(c2)OCO3)on1. The molecule has 1 N–H and O–H groups in total. The lowest BCUT2D eigenvalue weighted by Gasteiger charge is -2.14. The molecular weight excluding hydrogens is 320 g/mol. The molecule has 6 heteroatoms. The third-order valence-electron chi connectivity index (χ3n) is 4.49. The predicted molar refractivity (Wildman–Crippen MR) is 93.7 cm³/mol. The lowest BCUT2D eigenvalue weighted by Crippen LogP contribution is -2.29. The zero-order valence-electron chi connectivity index (χ0n) is 14.7. The summed E-state index contributed by atoms with van der Waals surface area (Å²) in [6.45, 7) is 5.22. The van der Waals surface area contributed by atoms with Gasteiger partial charge >= 0.3 is 0 Å². The highest BCUT2D eigenvalue weighted by atomic mass is 16.7. The van der Waals surface area contributed by atoms with Crippen molar-refractivity contribution in [3.05, 3.63) is 30.0 Å². The van der Waals surface area contributed by atoms with Gasteiger partial charge in [0.1, 0.15) is 0 Å². The van der Waals surface area contributed by atoms with E-state index in [0.29, 0.717) is 29.7 Å². The summed E-state index contributed by atoms with van der Waals surface area (Å²) >= 11 is 0. The number of carbonyl (C=O) groups excluding carboxylic acids is 1. The van der Waals surface area contributed by atoms with E-state index >= 15 is 0 Å². The minimum atomic E-state index is -0.203. The van der Waals surface area contributed by atoms with Crippen LogP contribution in [0.2, 0.25) is 0 Å². The zero-order valence-corrected chi connectivity index (χ0v) is 14.7. The van der Waals surface area contributed by atoms with Crippen molar-refractivity contribution in [3.63, 3.8) is 0 Å². The number of fused-ring (bicyclic) bond motifs is 1. The Labute approximate surface area is 147 Å². The second kappa shape index (κ2) is 8.05. The molecule has 1 aliphatic heterocycles. The van der Waals surface area contributed by atoms with Gasteiger partial charge < -0.3 is 19.3 Å². The maximum atomic E-state index is 12.3. The van der Waals surface area contributed by atoms with Crippen molar-refractivity contribution in [3.8, 4) is 22.8 Å². The molecule has 0 fully saturated rings. The van der Waals surface area contributed by atoms with E-state index in [2.05, 4.69) is 24.3 Å². The van der Waals surface area contributed by atoms with Gasteiger partial charge in [0, 0.05) is 18.2 Å². The third kappa shape index (κ3) is 4.13. The van der Waals surface area contributed by atoms with Crippen LogP contribution in [0, 0.1) is 5.92 Å². The minimum absolute atomic E-state index is 0.203. The highest BCUT2D eigenvalue weighted by Gasteiger charge is 2.18. The van der Waals surface area contributed by atoms with E-state index in [0.717, 1.165) is 18.4 Å². The Morgan fingerprint density at radius 3 is 2.88 bits per heavy atom. The van der Waals surface area contributed by atoms with Gasteiger partial charge in [0.15, 0.2) is 23.0 Å². The Morgan fingerprint density at radius 2 is 2.08 bits per heavy atom. The summed E-state index contributed by atoms with van der Waals surface area (Å²) in [5.74, 6) is 2.21. The van der Waals surface area contributed by atoms with Crippen LogP contribution in [0.1, 0.15) is 50.0 Å². The molecule has 0 saturated carbocycles. The first-order valence-corrected chi connectivity index (χ1v) is 8.86. The first-order valence-electron chi connectivity index (χ1n) is 8.86. The number of hydrogen-bond donors (Lipinski definition) is 1. The summed E-state index contributed by atoms with van der Waals surface area (Å²) in [6, 6.07) is 7.15. The summed E-state index contributed by atoms with van der Waals surface area (Å²) in [4.78, 5) is 12.3. The molecule has 0 aliphatic carbocycles. The van der Waals surface area contributed by atoms with Crippen LogP contribution in [-0.4, -0.2) is 24.4 Å². The van der Waals surface area contributed by atoms with Crippen LogP contribution in [0.25, 0.3) is 11.3 Å². The van der Waals surface area contributed by atoms with Crippen LogP contribution in [-0.2, 0) is 0 Å². The average Bonchev–Trinajstić information content (AvgIpc) is 3.30. The number of carbonyl (C=O) groups is 1. The quantitative estimate of drug-likeness (QED) is 0.783. The van der Waals surface area contributed by atoms with Crippen LogP contribution in [0.5, 0.6) is 11.5 Å². The number of hydrogen-bond acceptors (Lipinski definition) is 5. The second-order valence-corrected chi connectivity index (χ2v) is 6.27. The van der Waals surface area contributed by atoms with E-state index in [1.165, 1.54) is 12.8 Å². The molecule has 2 aromatic rings. The molecule has 0 unspecified atom stereocenters.